The Labute approximate surface area is 187 Å². The second-order valence-electron chi connectivity index (χ2n) is 7.13. The normalized spacial score (nSPS) is 11.8. The predicted octanol–water partition coefficient (Wildman–Crippen LogP) is 2.74. The van der Waals surface area contributed by atoms with Crippen molar-refractivity contribution in [2.45, 2.75) is 19.9 Å². The summed E-state index contributed by atoms with van der Waals surface area (Å²) in [7, 11) is 0. The third-order valence-electron chi connectivity index (χ3n) is 4.80. The number of nitrogens with zero attached hydrogens (tertiary/aromatic N) is 6. The van der Waals surface area contributed by atoms with Gasteiger partial charge in [-0.1, -0.05) is 17.7 Å². The number of nitrogen functional groups attached to an aromatic ring is 2. The van der Waals surface area contributed by atoms with Gasteiger partial charge in [-0.05, 0) is 37.6 Å². The van der Waals surface area contributed by atoms with Crippen LogP contribution in [0.3, 0.4) is 0 Å². The minimum atomic E-state index is -0.590. The largest absolute Gasteiger partial charge is 0.382 e. The van der Waals surface area contributed by atoms with Gasteiger partial charge in [0.05, 0.1) is 33.9 Å². The van der Waals surface area contributed by atoms with Gasteiger partial charge in [0, 0.05) is 6.20 Å². The molecular formula is C21H18ClN9O. The molecule has 3 aromatic heterocycles. The van der Waals surface area contributed by atoms with Crippen molar-refractivity contribution in [2.75, 3.05) is 16.8 Å². The number of nitriles is 1. The fraction of sp³-hybridized carbons (Fsp3) is 0.143. The molecule has 0 spiro atoms. The van der Waals surface area contributed by atoms with Crippen LogP contribution in [0.1, 0.15) is 29.9 Å². The first-order chi connectivity index (χ1) is 15.3. The first-order valence-electron chi connectivity index (χ1n) is 9.53. The van der Waals surface area contributed by atoms with Gasteiger partial charge in [0.15, 0.2) is 5.82 Å². The summed E-state index contributed by atoms with van der Waals surface area (Å²) in [6.45, 7) is 3.64. The van der Waals surface area contributed by atoms with Crippen LogP contribution >= 0.6 is 11.6 Å². The lowest BCUT2D eigenvalue weighted by Crippen LogP contribution is -2.28. The number of hydrogen-bond acceptors (Lipinski definition) is 9. The molecule has 160 valence electrons. The fourth-order valence-corrected chi connectivity index (χ4v) is 3.64. The van der Waals surface area contributed by atoms with E-state index in [0.717, 1.165) is 5.56 Å². The molecular weight excluding hydrogens is 430 g/mol. The highest BCUT2D eigenvalue weighted by atomic mass is 35.5. The highest BCUT2D eigenvalue weighted by Crippen LogP contribution is 2.26. The fourth-order valence-electron chi connectivity index (χ4n) is 3.39. The van der Waals surface area contributed by atoms with Crippen molar-refractivity contribution in [3.8, 4) is 11.8 Å². The van der Waals surface area contributed by atoms with E-state index in [1.807, 2.05) is 19.1 Å². The monoisotopic (exact) mass is 447 g/mol. The lowest BCUT2D eigenvalue weighted by Gasteiger charge is -2.21. The minimum absolute atomic E-state index is 0.0426. The molecule has 0 amide bonds. The molecule has 10 nitrogen and oxygen atoms in total. The van der Waals surface area contributed by atoms with Crippen molar-refractivity contribution < 1.29 is 0 Å². The first kappa shape index (κ1) is 21.0. The molecule has 0 bridgehead atoms. The van der Waals surface area contributed by atoms with Crippen LogP contribution < -0.4 is 22.3 Å². The van der Waals surface area contributed by atoms with E-state index in [2.05, 4.69) is 20.3 Å². The average molecular weight is 448 g/mol. The van der Waals surface area contributed by atoms with Crippen LogP contribution in [-0.4, -0.2) is 24.5 Å². The summed E-state index contributed by atoms with van der Waals surface area (Å²) in [5.41, 5.74) is 13.0. The summed E-state index contributed by atoms with van der Waals surface area (Å²) in [5.74, 6) is 0.360. The van der Waals surface area contributed by atoms with Crippen LogP contribution in [0.15, 0.2) is 41.5 Å². The highest BCUT2D eigenvalue weighted by molar-refractivity contribution is 6.35. The number of fused-ring (bicyclic) bond motifs is 1. The molecule has 0 aliphatic rings. The van der Waals surface area contributed by atoms with Gasteiger partial charge >= 0.3 is 0 Å². The van der Waals surface area contributed by atoms with E-state index in [9.17, 15) is 10.1 Å². The Morgan fingerprint density at radius 1 is 1.22 bits per heavy atom. The maximum atomic E-state index is 13.5. The van der Waals surface area contributed by atoms with Crippen molar-refractivity contribution >= 4 is 40.1 Å². The van der Waals surface area contributed by atoms with Crippen molar-refractivity contribution in [1.29, 1.82) is 5.26 Å². The number of hydrogen-bond donors (Lipinski definition) is 3. The van der Waals surface area contributed by atoms with E-state index in [1.165, 1.54) is 4.57 Å². The van der Waals surface area contributed by atoms with Gasteiger partial charge < -0.3 is 16.8 Å². The van der Waals surface area contributed by atoms with Gasteiger partial charge in [0.2, 0.25) is 5.95 Å². The van der Waals surface area contributed by atoms with E-state index < -0.39 is 6.04 Å². The predicted molar refractivity (Wildman–Crippen MR) is 122 cm³/mol. The zero-order valence-electron chi connectivity index (χ0n) is 17.2. The quantitative estimate of drug-likeness (QED) is 0.426. The smallest absolute Gasteiger partial charge is 0.267 e. The lowest BCUT2D eigenvalue weighted by atomic mass is 10.2. The van der Waals surface area contributed by atoms with Crippen LogP contribution in [0.2, 0.25) is 5.02 Å². The van der Waals surface area contributed by atoms with E-state index in [1.54, 1.807) is 37.5 Å². The number of benzene rings is 1. The number of nitrogens with one attached hydrogen (secondary N) is 1. The van der Waals surface area contributed by atoms with Crippen molar-refractivity contribution in [3.63, 3.8) is 0 Å². The number of pyridine rings is 1. The zero-order valence-corrected chi connectivity index (χ0v) is 17.9. The number of nitrogens with two attached hydrogens (primary N) is 2. The molecule has 11 heteroatoms. The van der Waals surface area contributed by atoms with Crippen molar-refractivity contribution in [2.24, 2.45) is 0 Å². The van der Waals surface area contributed by atoms with Crippen LogP contribution in [0, 0.1) is 18.3 Å². The Hall–Kier alpha value is -4.23. The molecule has 0 saturated heterocycles. The number of aryl methyl sites for hydroxylation is 1. The molecule has 1 unspecified atom stereocenters. The van der Waals surface area contributed by atoms with E-state index in [0.29, 0.717) is 27.4 Å². The minimum Gasteiger partial charge on any atom is -0.382 e. The Bertz CT molecular complexity index is 1460. The van der Waals surface area contributed by atoms with Gasteiger partial charge in [-0.3, -0.25) is 14.3 Å². The van der Waals surface area contributed by atoms with Crippen molar-refractivity contribution in [1.82, 2.24) is 24.5 Å². The van der Waals surface area contributed by atoms with Crippen LogP contribution in [0.25, 0.3) is 16.6 Å². The summed E-state index contributed by atoms with van der Waals surface area (Å²) in [6.07, 6.45) is 3.25. The molecule has 1 aromatic carbocycles. The Kier molecular flexibility index (Phi) is 5.34. The van der Waals surface area contributed by atoms with Gasteiger partial charge in [-0.2, -0.15) is 15.2 Å². The zero-order chi connectivity index (χ0) is 23.0. The molecule has 0 fully saturated rings. The number of halogens is 1. The van der Waals surface area contributed by atoms with E-state index >= 15 is 0 Å². The average Bonchev–Trinajstić information content (AvgIpc) is 2.73. The third kappa shape index (κ3) is 3.66. The maximum absolute atomic E-state index is 13.5. The molecule has 32 heavy (non-hydrogen) atoms. The molecule has 3 heterocycles. The second kappa shape index (κ2) is 8.13. The molecule has 1 atom stereocenters. The number of rotatable bonds is 4. The Morgan fingerprint density at radius 3 is 2.72 bits per heavy atom. The third-order valence-corrected chi connectivity index (χ3v) is 5.11. The number of anilines is 3. The highest BCUT2D eigenvalue weighted by Gasteiger charge is 2.22. The van der Waals surface area contributed by atoms with Gasteiger partial charge in [0.1, 0.15) is 23.3 Å². The summed E-state index contributed by atoms with van der Waals surface area (Å²) < 4.78 is 1.44. The van der Waals surface area contributed by atoms with Gasteiger partial charge in [0.25, 0.3) is 5.56 Å². The summed E-state index contributed by atoms with van der Waals surface area (Å²) in [6, 6.07) is 8.26. The molecule has 0 aliphatic carbocycles. The van der Waals surface area contributed by atoms with Crippen LogP contribution in [0.4, 0.5) is 17.6 Å². The van der Waals surface area contributed by atoms with Crippen molar-refractivity contribution in [3.05, 3.63) is 69.0 Å². The van der Waals surface area contributed by atoms with Crippen LogP contribution in [0.5, 0.6) is 0 Å². The van der Waals surface area contributed by atoms with Gasteiger partial charge in [-0.15, -0.1) is 0 Å². The van der Waals surface area contributed by atoms with E-state index in [-0.39, 0.29) is 28.7 Å². The molecule has 0 aliphatic heterocycles. The molecule has 5 N–H and O–H groups in total. The number of aromatic nitrogens is 5. The summed E-state index contributed by atoms with van der Waals surface area (Å²) >= 11 is 6.32. The lowest BCUT2D eigenvalue weighted by molar-refractivity contribution is 0.729. The molecule has 4 aromatic rings. The van der Waals surface area contributed by atoms with E-state index in [4.69, 9.17) is 28.1 Å². The second-order valence-corrected chi connectivity index (χ2v) is 7.54. The first-order valence-corrected chi connectivity index (χ1v) is 9.90. The van der Waals surface area contributed by atoms with Crippen LogP contribution in [-0.2, 0) is 0 Å². The molecule has 4 rings (SSSR count). The molecule has 0 radical (unpaired) electrons. The Morgan fingerprint density at radius 2 is 2.00 bits per heavy atom. The Balaban J connectivity index is 1.95. The topological polar surface area (TPSA) is 161 Å². The van der Waals surface area contributed by atoms with Gasteiger partial charge in [-0.25, -0.2) is 4.98 Å². The SMILES string of the molecule is Cc1cncc(-n2c(C(C)Nc3nc(N)nc(N)c3C#N)nc3cccc(Cl)c3c2=O)c1. The summed E-state index contributed by atoms with van der Waals surface area (Å²) in [5, 5.41) is 13.1. The molecule has 0 saturated carbocycles. The maximum Gasteiger partial charge on any atom is 0.267 e. The standard InChI is InChI=1S/C21H18ClN9O/c1-10-6-12(9-26-8-10)31-19(28-15-5-3-4-14(22)16(15)20(31)32)11(2)27-18-13(7-23)17(24)29-21(25)30-18/h3-6,8-9,11H,1-2H3,(H5,24,25,27,29,30). The summed E-state index contributed by atoms with van der Waals surface area (Å²) in [4.78, 5) is 30.3.